The van der Waals surface area contributed by atoms with Crippen LogP contribution in [-0.2, 0) is 19.2 Å². The zero-order valence-electron chi connectivity index (χ0n) is 7.30. The molecule has 0 atom stereocenters. The third kappa shape index (κ3) is 1.70. The quantitative estimate of drug-likeness (QED) is 0.589. The molecule has 0 saturated carbocycles. The van der Waals surface area contributed by atoms with Crippen molar-refractivity contribution in [3.63, 3.8) is 0 Å². The molecule has 0 aromatic carbocycles. The second-order valence-corrected chi connectivity index (χ2v) is 5.55. The van der Waals surface area contributed by atoms with E-state index in [2.05, 4.69) is 37.3 Å². The van der Waals surface area contributed by atoms with E-state index in [1.165, 1.54) is 18.4 Å². The molecule has 2 rings (SSSR count). The van der Waals surface area contributed by atoms with E-state index >= 15 is 0 Å². The van der Waals surface area contributed by atoms with E-state index in [1.54, 1.807) is 7.76 Å². The van der Waals surface area contributed by atoms with Crippen LogP contribution in [0.25, 0.3) is 0 Å². The summed E-state index contributed by atoms with van der Waals surface area (Å²) in [5, 5.41) is 0. The summed E-state index contributed by atoms with van der Waals surface area (Å²) in [5.74, 6) is 0. The summed E-state index contributed by atoms with van der Waals surface area (Å²) in [7, 11) is 0. The van der Waals surface area contributed by atoms with Gasteiger partial charge >= 0.3 is 82.6 Å². The first-order chi connectivity index (χ1) is 5.86. The number of hydrogen-bond donors (Lipinski definition) is 0. The Kier molecular flexibility index (Phi) is 2.48. The van der Waals surface area contributed by atoms with Gasteiger partial charge < -0.3 is 0 Å². The van der Waals surface area contributed by atoms with E-state index in [4.69, 9.17) is 0 Å². The predicted octanol–water partition coefficient (Wildman–Crippen LogP) is 3.15. The fraction of sp³-hybridized carbons (Fsp3) is 0.273. The van der Waals surface area contributed by atoms with E-state index in [1.807, 2.05) is 0 Å². The normalized spacial score (nSPS) is 20.6. The Balaban J connectivity index is 2.01. The van der Waals surface area contributed by atoms with Crippen LogP contribution in [0.3, 0.4) is 0 Å². The molecule has 2 aliphatic rings. The van der Waals surface area contributed by atoms with Crippen LogP contribution < -0.4 is 0 Å². The molecule has 0 unspecified atom stereocenters. The third-order valence-electron chi connectivity index (χ3n) is 2.25. The van der Waals surface area contributed by atoms with Crippen molar-refractivity contribution in [3.05, 3.63) is 43.7 Å². The van der Waals surface area contributed by atoms with Gasteiger partial charge in [0.05, 0.1) is 0 Å². The van der Waals surface area contributed by atoms with Crippen LogP contribution in [0.5, 0.6) is 0 Å². The van der Waals surface area contributed by atoms with Gasteiger partial charge in [-0.15, -0.1) is 0 Å². The Labute approximate surface area is 82.7 Å². The molecule has 12 heavy (non-hydrogen) atoms. The zero-order valence-corrected chi connectivity index (χ0v) is 8.86. The average molecular weight is 192 g/mol. The van der Waals surface area contributed by atoms with Gasteiger partial charge in [-0.25, -0.2) is 0 Å². The molecule has 0 amide bonds. The number of hydrogen-bond acceptors (Lipinski definition) is 0. The molecule has 2 aliphatic carbocycles. The molecule has 0 heterocycles. The van der Waals surface area contributed by atoms with Crippen molar-refractivity contribution in [2.24, 2.45) is 0 Å². The molecule has 0 spiro atoms. The van der Waals surface area contributed by atoms with E-state index < -0.39 is 0 Å². The van der Waals surface area contributed by atoms with E-state index in [0.29, 0.717) is 0 Å². The first-order valence-corrected chi connectivity index (χ1v) is 5.91. The molecule has 0 nitrogen and oxygen atoms in total. The Morgan fingerprint density at radius 3 is 2.75 bits per heavy atom. The molecule has 0 aliphatic heterocycles. The summed E-state index contributed by atoms with van der Waals surface area (Å²) in [6, 6.07) is 0. The molecule has 60 valence electrons. The molecule has 0 bridgehead atoms. The maximum atomic E-state index is 2.30. The molecule has 0 aromatic heterocycles. The van der Waals surface area contributed by atoms with Crippen LogP contribution in [-0.4, -0.2) is 0 Å². The molecular formula is C11H12Ti. The Morgan fingerprint density at radius 2 is 2.17 bits per heavy atom. The van der Waals surface area contributed by atoms with Crippen molar-refractivity contribution in [3.8, 4) is 0 Å². The van der Waals surface area contributed by atoms with Gasteiger partial charge in [0.25, 0.3) is 0 Å². The predicted molar refractivity (Wildman–Crippen MR) is 48.3 cm³/mol. The topological polar surface area (TPSA) is 0 Å². The third-order valence-corrected chi connectivity index (χ3v) is 4.73. The van der Waals surface area contributed by atoms with Gasteiger partial charge in [0.2, 0.25) is 0 Å². The van der Waals surface area contributed by atoms with Gasteiger partial charge in [-0.1, -0.05) is 0 Å². The molecule has 1 heteroatoms. The fourth-order valence-corrected chi connectivity index (χ4v) is 3.51. The summed E-state index contributed by atoms with van der Waals surface area (Å²) < 4.78 is 3.41. The minimum atomic E-state index is 0.0579. The summed E-state index contributed by atoms with van der Waals surface area (Å²) in [6.45, 7) is 2.24. The fourth-order valence-electron chi connectivity index (χ4n) is 1.50. The van der Waals surface area contributed by atoms with Gasteiger partial charge in [-0.3, -0.25) is 0 Å². The maximum absolute atomic E-state index is 2.30. The Hall–Kier alpha value is -0.326. The summed E-state index contributed by atoms with van der Waals surface area (Å²) >= 11 is 0.0579. The molecule has 0 fully saturated rings. The van der Waals surface area contributed by atoms with E-state index in [9.17, 15) is 0 Å². The summed E-state index contributed by atoms with van der Waals surface area (Å²) in [5.41, 5.74) is 1.53. The van der Waals surface area contributed by atoms with Crippen LogP contribution in [0.4, 0.5) is 0 Å². The zero-order chi connectivity index (χ0) is 8.39. The van der Waals surface area contributed by atoms with E-state index in [-0.39, 0.29) is 19.2 Å². The van der Waals surface area contributed by atoms with Gasteiger partial charge in [0, 0.05) is 0 Å². The molecule has 0 aromatic rings. The molecule has 0 saturated heterocycles. The van der Waals surface area contributed by atoms with Gasteiger partial charge in [-0.05, 0) is 0 Å². The second kappa shape index (κ2) is 3.59. The van der Waals surface area contributed by atoms with Crippen molar-refractivity contribution in [1.29, 1.82) is 0 Å². The summed E-state index contributed by atoms with van der Waals surface area (Å²) in [6.07, 6.45) is 13.8. The molecule has 0 radical (unpaired) electrons. The average Bonchev–Trinajstić information content (AvgIpc) is 2.65. The van der Waals surface area contributed by atoms with Crippen molar-refractivity contribution in [2.45, 2.75) is 19.8 Å². The first-order valence-electron chi connectivity index (χ1n) is 4.35. The number of allylic oxidation sites excluding steroid dienone is 8. The van der Waals surface area contributed by atoms with E-state index in [0.717, 1.165) is 0 Å². The second-order valence-electron chi connectivity index (χ2n) is 3.22. The van der Waals surface area contributed by atoms with Crippen LogP contribution in [0.1, 0.15) is 19.8 Å². The number of rotatable bonds is 2. The van der Waals surface area contributed by atoms with Crippen LogP contribution >= 0.6 is 0 Å². The standard InChI is InChI=1S/C6H7.C5H5.Ti/c1-6-4-2-3-5-6;1-2-4-5-3-1;/h2,4H,3H2,1H3;1-3H,4H2;. The monoisotopic (exact) mass is 192 g/mol. The summed E-state index contributed by atoms with van der Waals surface area (Å²) in [4.78, 5) is 0. The van der Waals surface area contributed by atoms with Crippen LogP contribution in [0, 0.1) is 0 Å². The van der Waals surface area contributed by atoms with Crippen LogP contribution in [0.15, 0.2) is 43.7 Å². The first kappa shape index (κ1) is 8.28. The van der Waals surface area contributed by atoms with Gasteiger partial charge in [-0.2, -0.15) is 0 Å². The van der Waals surface area contributed by atoms with Crippen molar-refractivity contribution >= 4 is 0 Å². The minimum absolute atomic E-state index is 0.0579. The Morgan fingerprint density at radius 1 is 1.25 bits per heavy atom. The van der Waals surface area contributed by atoms with Crippen LogP contribution in [0.2, 0.25) is 0 Å². The molecule has 0 N–H and O–H groups in total. The SMILES string of the molecule is CC1=[C]([Ti][C]2=CC=CC2)CC=C1. The molecular weight excluding hydrogens is 180 g/mol. The van der Waals surface area contributed by atoms with Crippen molar-refractivity contribution in [1.82, 2.24) is 0 Å². The van der Waals surface area contributed by atoms with Gasteiger partial charge in [0.15, 0.2) is 0 Å². The van der Waals surface area contributed by atoms with Crippen molar-refractivity contribution < 1.29 is 19.2 Å². The Bertz CT molecular complexity index is 303. The van der Waals surface area contributed by atoms with Crippen molar-refractivity contribution in [2.75, 3.05) is 0 Å². The van der Waals surface area contributed by atoms with Gasteiger partial charge in [0.1, 0.15) is 0 Å².